The zero-order valence-corrected chi connectivity index (χ0v) is 16.1. The highest BCUT2D eigenvalue weighted by Gasteiger charge is 2.18. The number of benzene rings is 2. The quantitative estimate of drug-likeness (QED) is 0.506. The molecule has 134 valence electrons. The second-order valence-corrected chi connectivity index (χ2v) is 7.43. The summed E-state index contributed by atoms with van der Waals surface area (Å²) in [6.45, 7) is 0. The maximum absolute atomic E-state index is 11.9. The average Bonchev–Trinajstić information content (AvgIpc) is 3.30. The van der Waals surface area contributed by atoms with E-state index in [1.54, 1.807) is 30.3 Å². The molecule has 0 aliphatic rings. The lowest BCUT2D eigenvalue weighted by Gasteiger charge is -2.00. The van der Waals surface area contributed by atoms with E-state index in [0.29, 0.717) is 20.9 Å². The number of halogens is 2. The summed E-state index contributed by atoms with van der Waals surface area (Å²) in [6.07, 6.45) is 0. The van der Waals surface area contributed by atoms with Crippen molar-refractivity contribution in [1.29, 1.82) is 0 Å². The Morgan fingerprint density at radius 2 is 1.48 bits per heavy atom. The van der Waals surface area contributed by atoms with E-state index < -0.39 is 5.91 Å². The van der Waals surface area contributed by atoms with Crippen LogP contribution in [0.15, 0.2) is 60.0 Å². The van der Waals surface area contributed by atoms with Gasteiger partial charge in [0.05, 0.1) is 11.4 Å². The lowest BCUT2D eigenvalue weighted by molar-refractivity contribution is 0.0993. The molecule has 0 fully saturated rings. The number of primary amides is 1. The van der Waals surface area contributed by atoms with Crippen molar-refractivity contribution in [2.75, 3.05) is 0 Å². The van der Waals surface area contributed by atoms with Crippen molar-refractivity contribution in [3.05, 3.63) is 75.7 Å². The smallest absolute Gasteiger partial charge is 0.267 e. The molecule has 5 nitrogen and oxygen atoms in total. The van der Waals surface area contributed by atoms with Gasteiger partial charge in [-0.05, 0) is 30.3 Å². The van der Waals surface area contributed by atoms with Crippen LogP contribution in [0.2, 0.25) is 10.0 Å². The third-order valence-electron chi connectivity index (χ3n) is 3.92. The van der Waals surface area contributed by atoms with Crippen LogP contribution in [0.5, 0.6) is 0 Å². The van der Waals surface area contributed by atoms with Gasteiger partial charge < -0.3 is 5.73 Å². The summed E-state index contributed by atoms with van der Waals surface area (Å²) in [5.41, 5.74) is 8.94. The van der Waals surface area contributed by atoms with Crippen LogP contribution < -0.4 is 5.73 Å². The normalized spacial score (nSPS) is 10.9. The molecule has 0 aliphatic heterocycles. The Bertz CT molecular complexity index is 1120. The van der Waals surface area contributed by atoms with E-state index in [1.807, 2.05) is 29.6 Å². The first-order valence-electron chi connectivity index (χ1n) is 7.89. The number of amides is 1. The van der Waals surface area contributed by atoms with Crippen LogP contribution in [-0.2, 0) is 0 Å². The number of thiazole rings is 1. The lowest BCUT2D eigenvalue weighted by atomic mass is 10.1. The topological polar surface area (TPSA) is 73.8 Å². The fourth-order valence-electron chi connectivity index (χ4n) is 2.58. The Hall–Kier alpha value is -2.67. The molecule has 0 aliphatic carbocycles. The SMILES string of the molecule is NC(=O)c1cc(-c2ccc(Cl)cc2)nn1-c1nc(-c2ccc(Cl)cc2)cs1. The Kier molecular flexibility index (Phi) is 4.70. The Balaban J connectivity index is 1.76. The van der Waals surface area contributed by atoms with Gasteiger partial charge in [-0.25, -0.2) is 4.98 Å². The molecule has 0 spiro atoms. The molecule has 27 heavy (non-hydrogen) atoms. The molecular formula is C19H12Cl2N4OS. The van der Waals surface area contributed by atoms with Crippen LogP contribution in [0, 0.1) is 0 Å². The van der Waals surface area contributed by atoms with Crippen molar-refractivity contribution < 1.29 is 4.79 Å². The Morgan fingerprint density at radius 1 is 0.926 bits per heavy atom. The number of aromatic nitrogens is 3. The lowest BCUT2D eigenvalue weighted by Crippen LogP contribution is -2.16. The summed E-state index contributed by atoms with van der Waals surface area (Å²) in [6, 6.07) is 16.2. The number of rotatable bonds is 4. The van der Waals surface area contributed by atoms with E-state index in [1.165, 1.54) is 16.0 Å². The highest BCUT2D eigenvalue weighted by atomic mass is 35.5. The van der Waals surface area contributed by atoms with Gasteiger partial charge in [-0.3, -0.25) is 4.79 Å². The molecule has 0 radical (unpaired) electrons. The molecule has 8 heteroatoms. The monoisotopic (exact) mass is 414 g/mol. The largest absolute Gasteiger partial charge is 0.364 e. The van der Waals surface area contributed by atoms with Crippen LogP contribution >= 0.6 is 34.5 Å². The average molecular weight is 415 g/mol. The molecular weight excluding hydrogens is 403 g/mol. The fraction of sp³-hybridized carbons (Fsp3) is 0. The number of nitrogens with zero attached hydrogens (tertiary/aromatic N) is 3. The summed E-state index contributed by atoms with van der Waals surface area (Å²) in [5, 5.41) is 8.25. The van der Waals surface area contributed by atoms with Crippen LogP contribution in [0.4, 0.5) is 0 Å². The number of hydrogen-bond donors (Lipinski definition) is 1. The Morgan fingerprint density at radius 3 is 2.04 bits per heavy atom. The molecule has 0 saturated heterocycles. The van der Waals surface area contributed by atoms with Gasteiger partial charge in [0, 0.05) is 26.6 Å². The molecule has 0 bridgehead atoms. The van der Waals surface area contributed by atoms with Gasteiger partial charge in [-0.1, -0.05) is 47.5 Å². The van der Waals surface area contributed by atoms with Crippen molar-refractivity contribution in [1.82, 2.24) is 14.8 Å². The van der Waals surface area contributed by atoms with Gasteiger partial charge in [0.15, 0.2) is 0 Å². The van der Waals surface area contributed by atoms with Crippen molar-refractivity contribution >= 4 is 40.4 Å². The van der Waals surface area contributed by atoms with Crippen LogP contribution in [0.3, 0.4) is 0 Å². The number of carbonyl (C=O) groups is 1. The van der Waals surface area contributed by atoms with E-state index in [4.69, 9.17) is 28.9 Å². The van der Waals surface area contributed by atoms with E-state index in [-0.39, 0.29) is 5.69 Å². The standard InChI is InChI=1S/C19H12Cl2N4OS/c20-13-5-1-11(2-6-13)15-9-17(18(22)26)25(24-15)19-23-16(10-27-19)12-3-7-14(21)8-4-12/h1-10H,(H2,22,26). The third kappa shape index (κ3) is 3.60. The van der Waals surface area contributed by atoms with Crippen LogP contribution in [0.25, 0.3) is 27.6 Å². The maximum atomic E-state index is 11.9. The fourth-order valence-corrected chi connectivity index (χ4v) is 3.63. The zero-order chi connectivity index (χ0) is 19.0. The van der Waals surface area contributed by atoms with Crippen molar-refractivity contribution in [3.8, 4) is 27.6 Å². The summed E-state index contributed by atoms with van der Waals surface area (Å²) < 4.78 is 1.47. The predicted octanol–water partition coefficient (Wildman–Crippen LogP) is 5.07. The maximum Gasteiger partial charge on any atom is 0.267 e. The molecule has 0 atom stereocenters. The van der Waals surface area contributed by atoms with E-state index >= 15 is 0 Å². The minimum absolute atomic E-state index is 0.261. The van der Waals surface area contributed by atoms with Crippen molar-refractivity contribution in [2.45, 2.75) is 0 Å². The first-order chi connectivity index (χ1) is 13.0. The first kappa shape index (κ1) is 17.7. The highest BCUT2D eigenvalue weighted by molar-refractivity contribution is 7.12. The van der Waals surface area contributed by atoms with E-state index in [9.17, 15) is 4.79 Å². The second-order valence-electron chi connectivity index (χ2n) is 5.72. The van der Waals surface area contributed by atoms with Crippen molar-refractivity contribution in [2.24, 2.45) is 5.73 Å². The number of carbonyl (C=O) groups excluding carboxylic acids is 1. The molecule has 2 aromatic carbocycles. The van der Waals surface area contributed by atoms with E-state index in [0.717, 1.165) is 16.8 Å². The van der Waals surface area contributed by atoms with Crippen LogP contribution in [-0.4, -0.2) is 20.7 Å². The summed E-state index contributed by atoms with van der Waals surface area (Å²) in [7, 11) is 0. The zero-order valence-electron chi connectivity index (χ0n) is 13.8. The summed E-state index contributed by atoms with van der Waals surface area (Å²) in [4.78, 5) is 16.5. The number of nitrogens with two attached hydrogens (primary N) is 1. The highest BCUT2D eigenvalue weighted by Crippen LogP contribution is 2.28. The van der Waals surface area contributed by atoms with Gasteiger partial charge in [0.25, 0.3) is 5.91 Å². The minimum atomic E-state index is -0.578. The Labute approximate surface area is 169 Å². The molecule has 0 unspecified atom stereocenters. The van der Waals surface area contributed by atoms with Gasteiger partial charge >= 0.3 is 0 Å². The summed E-state index contributed by atoms with van der Waals surface area (Å²) >= 11 is 13.2. The van der Waals surface area contributed by atoms with Gasteiger partial charge in [0.2, 0.25) is 5.13 Å². The summed E-state index contributed by atoms with van der Waals surface area (Å²) in [5.74, 6) is -0.578. The molecule has 1 amide bonds. The minimum Gasteiger partial charge on any atom is -0.364 e. The van der Waals surface area contributed by atoms with Crippen LogP contribution in [0.1, 0.15) is 10.5 Å². The first-order valence-corrected chi connectivity index (χ1v) is 9.52. The second kappa shape index (κ2) is 7.15. The van der Waals surface area contributed by atoms with Gasteiger partial charge in [-0.15, -0.1) is 11.3 Å². The predicted molar refractivity (Wildman–Crippen MR) is 109 cm³/mol. The molecule has 0 saturated carbocycles. The van der Waals surface area contributed by atoms with Gasteiger partial charge in [-0.2, -0.15) is 9.78 Å². The van der Waals surface area contributed by atoms with E-state index in [2.05, 4.69) is 10.1 Å². The third-order valence-corrected chi connectivity index (χ3v) is 5.24. The molecule has 4 aromatic rings. The molecule has 2 N–H and O–H groups in total. The molecule has 4 rings (SSSR count). The van der Waals surface area contributed by atoms with Gasteiger partial charge in [0.1, 0.15) is 5.69 Å². The van der Waals surface area contributed by atoms with Crippen molar-refractivity contribution in [3.63, 3.8) is 0 Å². The number of hydrogen-bond acceptors (Lipinski definition) is 4. The molecule has 2 aromatic heterocycles. The molecule has 2 heterocycles.